The van der Waals surface area contributed by atoms with Gasteiger partial charge in [-0.05, 0) is 36.6 Å². The van der Waals surface area contributed by atoms with E-state index in [0.717, 1.165) is 18.4 Å². The number of carbonyl (C=O) groups is 3. The first-order chi connectivity index (χ1) is 15.3. The molecule has 2 aromatic carbocycles. The van der Waals surface area contributed by atoms with Crippen molar-refractivity contribution in [3.63, 3.8) is 0 Å². The third-order valence-corrected chi connectivity index (χ3v) is 5.74. The van der Waals surface area contributed by atoms with Crippen LogP contribution >= 0.6 is 11.6 Å². The fourth-order valence-corrected chi connectivity index (χ4v) is 3.81. The Morgan fingerprint density at radius 1 is 1.25 bits per heavy atom. The Morgan fingerprint density at radius 3 is 2.75 bits per heavy atom. The third-order valence-electron chi connectivity index (χ3n) is 5.45. The summed E-state index contributed by atoms with van der Waals surface area (Å²) in [4.78, 5) is 38.0. The zero-order valence-corrected chi connectivity index (χ0v) is 17.9. The van der Waals surface area contributed by atoms with E-state index in [1.165, 1.54) is 29.2 Å². The number of hydrazine groups is 1. The number of fused-ring (bicyclic) bond motifs is 1. The van der Waals surface area contributed by atoms with Crippen LogP contribution in [0, 0.1) is 5.82 Å². The molecule has 0 aromatic heterocycles. The van der Waals surface area contributed by atoms with Gasteiger partial charge in [0.1, 0.15) is 5.82 Å². The number of anilines is 1. The van der Waals surface area contributed by atoms with Crippen molar-refractivity contribution < 1.29 is 23.9 Å². The Hall–Kier alpha value is -3.17. The minimum atomic E-state index is -1.02. The lowest BCUT2D eigenvalue weighted by Gasteiger charge is -2.25. The van der Waals surface area contributed by atoms with E-state index >= 15 is 0 Å². The van der Waals surface area contributed by atoms with Crippen LogP contribution in [0.15, 0.2) is 36.4 Å². The normalized spacial score (nSPS) is 15.1. The molecule has 2 amide bonds. The molecular formula is C22H22ClFN4O4. The topological polar surface area (TPSA) is 102 Å². The maximum atomic E-state index is 14.0. The number of carboxylic acids is 1. The first-order valence-electron chi connectivity index (χ1n) is 10.2. The van der Waals surface area contributed by atoms with Crippen molar-refractivity contribution in [1.29, 1.82) is 0 Å². The highest BCUT2D eigenvalue weighted by Gasteiger charge is 2.35. The van der Waals surface area contributed by atoms with Gasteiger partial charge in [-0.1, -0.05) is 29.8 Å². The number of hydrogen-bond donors (Lipinski definition) is 3. The van der Waals surface area contributed by atoms with E-state index in [9.17, 15) is 18.8 Å². The lowest BCUT2D eigenvalue weighted by molar-refractivity contribution is -0.137. The summed E-state index contributed by atoms with van der Waals surface area (Å²) in [6.07, 6.45) is 1.66. The van der Waals surface area contributed by atoms with Gasteiger partial charge in [0.25, 0.3) is 0 Å². The van der Waals surface area contributed by atoms with Crippen LogP contribution in [-0.2, 0) is 22.7 Å². The molecule has 168 valence electrons. The number of aromatic carboxylic acids is 1. The average Bonchev–Trinajstić information content (AvgIpc) is 3.51. The molecule has 0 bridgehead atoms. The van der Waals surface area contributed by atoms with Crippen LogP contribution in [-0.4, -0.2) is 51.9 Å². The molecule has 8 nitrogen and oxygen atoms in total. The van der Waals surface area contributed by atoms with Crippen molar-refractivity contribution in [2.75, 3.05) is 18.5 Å². The van der Waals surface area contributed by atoms with Crippen LogP contribution in [0.5, 0.6) is 0 Å². The molecule has 2 aliphatic rings. The second-order valence-electron chi connectivity index (χ2n) is 7.89. The molecule has 1 aliphatic carbocycles. The number of hydrogen-bond acceptors (Lipinski definition) is 5. The minimum absolute atomic E-state index is 0.0129. The van der Waals surface area contributed by atoms with Crippen LogP contribution in [0.3, 0.4) is 0 Å². The van der Waals surface area contributed by atoms with Gasteiger partial charge in [-0.25, -0.2) is 14.2 Å². The fourth-order valence-electron chi connectivity index (χ4n) is 3.61. The van der Waals surface area contributed by atoms with Gasteiger partial charge >= 0.3 is 5.97 Å². The highest BCUT2D eigenvalue weighted by Crippen LogP contribution is 2.29. The fraction of sp³-hybridized carbons (Fsp3) is 0.318. The van der Waals surface area contributed by atoms with E-state index in [2.05, 4.69) is 10.7 Å². The number of nitrogens with zero attached hydrogens (tertiary/aromatic N) is 2. The van der Waals surface area contributed by atoms with E-state index in [1.54, 1.807) is 17.1 Å². The Balaban J connectivity index is 1.33. The van der Waals surface area contributed by atoms with Gasteiger partial charge in [0.05, 0.1) is 29.4 Å². The number of amides is 2. The van der Waals surface area contributed by atoms with E-state index in [1.807, 2.05) is 0 Å². The second kappa shape index (κ2) is 9.13. The van der Waals surface area contributed by atoms with Gasteiger partial charge in [0.15, 0.2) is 0 Å². The minimum Gasteiger partial charge on any atom is -0.478 e. The number of nitrogens with one attached hydrogen (secondary N) is 2. The van der Waals surface area contributed by atoms with Gasteiger partial charge in [-0.2, -0.15) is 0 Å². The molecule has 10 heteroatoms. The summed E-state index contributed by atoms with van der Waals surface area (Å²) in [5.74, 6) is -2.19. The van der Waals surface area contributed by atoms with Crippen molar-refractivity contribution in [2.24, 2.45) is 0 Å². The number of rotatable bonds is 8. The van der Waals surface area contributed by atoms with Crippen molar-refractivity contribution in [2.45, 2.75) is 32.0 Å². The third kappa shape index (κ3) is 5.00. The molecule has 1 saturated carbocycles. The first kappa shape index (κ1) is 22.0. The van der Waals surface area contributed by atoms with E-state index in [0.29, 0.717) is 12.2 Å². The highest BCUT2D eigenvalue weighted by molar-refractivity contribution is 6.30. The average molecular weight is 461 g/mol. The van der Waals surface area contributed by atoms with Gasteiger partial charge in [-0.3, -0.25) is 9.59 Å². The lowest BCUT2D eigenvalue weighted by atomic mass is 10.1. The van der Waals surface area contributed by atoms with E-state index in [4.69, 9.17) is 16.7 Å². The van der Waals surface area contributed by atoms with Crippen molar-refractivity contribution in [3.05, 3.63) is 63.9 Å². The Bertz CT molecular complexity index is 1080. The van der Waals surface area contributed by atoms with Crippen LogP contribution < -0.4 is 10.7 Å². The molecule has 0 saturated heterocycles. The number of carboxylic acid groups (broad SMARTS) is 1. The monoisotopic (exact) mass is 460 g/mol. The SMILES string of the molecule is O=C(CN(C(=O)CN1Cc2ccc(C(=O)O)cc2N1)C1CC1)NCc1cccc(Cl)c1F. The van der Waals surface area contributed by atoms with Crippen LogP contribution in [0.4, 0.5) is 10.1 Å². The summed E-state index contributed by atoms with van der Waals surface area (Å²) in [5.41, 5.74) is 5.03. The molecule has 1 aliphatic heterocycles. The van der Waals surface area contributed by atoms with Crippen molar-refractivity contribution in [1.82, 2.24) is 15.2 Å². The quantitative estimate of drug-likeness (QED) is 0.559. The molecule has 0 unspecified atom stereocenters. The number of benzene rings is 2. The summed E-state index contributed by atoms with van der Waals surface area (Å²) in [6.45, 7) is 0.339. The van der Waals surface area contributed by atoms with Gasteiger partial charge in [0.2, 0.25) is 11.8 Å². The van der Waals surface area contributed by atoms with Crippen LogP contribution in [0.2, 0.25) is 5.02 Å². The zero-order chi connectivity index (χ0) is 22.8. The van der Waals surface area contributed by atoms with Crippen molar-refractivity contribution >= 4 is 35.1 Å². The van der Waals surface area contributed by atoms with Crippen LogP contribution in [0.25, 0.3) is 0 Å². The molecule has 1 heterocycles. The van der Waals surface area contributed by atoms with E-state index in [-0.39, 0.29) is 53.6 Å². The maximum absolute atomic E-state index is 14.0. The number of halogens is 2. The molecule has 0 spiro atoms. The Morgan fingerprint density at radius 2 is 2.03 bits per heavy atom. The molecule has 3 N–H and O–H groups in total. The molecule has 32 heavy (non-hydrogen) atoms. The highest BCUT2D eigenvalue weighted by atomic mass is 35.5. The number of carbonyl (C=O) groups excluding carboxylic acids is 2. The van der Waals surface area contributed by atoms with Gasteiger partial charge in [-0.15, -0.1) is 0 Å². The summed E-state index contributed by atoms with van der Waals surface area (Å²) < 4.78 is 14.0. The summed E-state index contributed by atoms with van der Waals surface area (Å²) >= 11 is 5.76. The summed E-state index contributed by atoms with van der Waals surface area (Å²) in [7, 11) is 0. The molecule has 0 atom stereocenters. The summed E-state index contributed by atoms with van der Waals surface area (Å²) in [5, 5.41) is 13.4. The molecule has 1 fully saturated rings. The second-order valence-corrected chi connectivity index (χ2v) is 8.29. The maximum Gasteiger partial charge on any atom is 0.335 e. The van der Waals surface area contributed by atoms with Crippen molar-refractivity contribution in [3.8, 4) is 0 Å². The van der Waals surface area contributed by atoms with Gasteiger partial charge in [0, 0.05) is 24.7 Å². The first-order valence-corrected chi connectivity index (χ1v) is 10.6. The molecule has 0 radical (unpaired) electrons. The lowest BCUT2D eigenvalue weighted by Crippen LogP contribution is -2.46. The smallest absolute Gasteiger partial charge is 0.335 e. The Labute approximate surface area is 188 Å². The zero-order valence-electron chi connectivity index (χ0n) is 17.1. The van der Waals surface area contributed by atoms with E-state index < -0.39 is 11.8 Å². The molecule has 4 rings (SSSR count). The van der Waals surface area contributed by atoms with Gasteiger partial charge < -0.3 is 20.7 Å². The molecule has 2 aromatic rings. The molecular weight excluding hydrogens is 439 g/mol. The largest absolute Gasteiger partial charge is 0.478 e. The predicted molar refractivity (Wildman–Crippen MR) is 115 cm³/mol. The standard InChI is InChI=1S/C22H22ClFN4O4/c23-17-3-1-2-14(21(17)24)9-25-19(29)11-28(16-6-7-16)20(30)12-27-10-15-5-4-13(22(31)32)8-18(15)26-27/h1-5,8,16,26H,6-7,9-12H2,(H,25,29)(H,31,32). The Kier molecular flexibility index (Phi) is 6.29. The van der Waals surface area contributed by atoms with Crippen LogP contribution in [0.1, 0.15) is 34.3 Å². The predicted octanol–water partition coefficient (Wildman–Crippen LogP) is 2.63. The summed E-state index contributed by atoms with van der Waals surface area (Å²) in [6, 6.07) is 9.37.